The summed E-state index contributed by atoms with van der Waals surface area (Å²) < 4.78 is 14.4. The van der Waals surface area contributed by atoms with Crippen molar-refractivity contribution in [1.29, 1.82) is 0 Å². The second kappa shape index (κ2) is 4.82. The summed E-state index contributed by atoms with van der Waals surface area (Å²) in [5.74, 6) is -0.454. The molecule has 0 aliphatic carbocycles. The number of benzene rings is 1. The summed E-state index contributed by atoms with van der Waals surface area (Å²) in [6, 6.07) is 3.51. The van der Waals surface area contributed by atoms with Gasteiger partial charge in [-0.15, -0.1) is 0 Å². The van der Waals surface area contributed by atoms with E-state index in [9.17, 15) is 9.18 Å². The molecule has 1 fully saturated rings. The van der Waals surface area contributed by atoms with Gasteiger partial charge < -0.3 is 0 Å². The van der Waals surface area contributed by atoms with Gasteiger partial charge in [-0.3, -0.25) is 14.9 Å². The SMILES string of the molecule is C[C@@H]1C[C@@H]2c3c(F)cc(C(=O)NO)cc3CCN2[C@@H]1C. The van der Waals surface area contributed by atoms with Crippen LogP contribution in [0.15, 0.2) is 12.1 Å². The summed E-state index contributed by atoms with van der Waals surface area (Å²) in [6.07, 6.45) is 1.70. The van der Waals surface area contributed by atoms with Crippen LogP contribution in [0.1, 0.15) is 47.8 Å². The molecule has 0 saturated carbocycles. The van der Waals surface area contributed by atoms with Crippen LogP contribution in [0.3, 0.4) is 0 Å². The zero-order valence-electron chi connectivity index (χ0n) is 11.7. The van der Waals surface area contributed by atoms with Crippen LogP contribution in [0.2, 0.25) is 0 Å². The van der Waals surface area contributed by atoms with E-state index >= 15 is 0 Å². The minimum Gasteiger partial charge on any atom is -0.293 e. The lowest BCUT2D eigenvalue weighted by Gasteiger charge is -2.35. The number of hydroxylamine groups is 1. The molecule has 3 atom stereocenters. The molecule has 0 radical (unpaired) electrons. The summed E-state index contributed by atoms with van der Waals surface area (Å²) in [6.45, 7) is 5.29. The van der Waals surface area contributed by atoms with Crippen molar-refractivity contribution in [2.24, 2.45) is 5.92 Å². The minimum atomic E-state index is -0.665. The molecule has 2 aliphatic heterocycles. The molecule has 4 nitrogen and oxygen atoms in total. The van der Waals surface area contributed by atoms with Gasteiger partial charge in [0.15, 0.2) is 0 Å². The standard InChI is InChI=1S/C15H19FN2O2/c1-8-5-13-14-10(3-4-18(13)9(8)2)6-11(7-12(14)16)15(19)17-20/h6-9,13,20H,3-5H2,1-2H3,(H,17,19)/t8-,9-,13-/m1/s1. The Hall–Kier alpha value is -1.46. The number of hydrogen-bond acceptors (Lipinski definition) is 3. The first kappa shape index (κ1) is 13.5. The van der Waals surface area contributed by atoms with Crippen LogP contribution in [0.5, 0.6) is 0 Å². The first-order valence-corrected chi connectivity index (χ1v) is 7.05. The summed E-state index contributed by atoms with van der Waals surface area (Å²) >= 11 is 0. The Morgan fingerprint density at radius 1 is 1.45 bits per heavy atom. The third-order valence-corrected chi connectivity index (χ3v) is 4.89. The smallest absolute Gasteiger partial charge is 0.274 e. The maximum absolute atomic E-state index is 14.4. The molecule has 5 heteroatoms. The van der Waals surface area contributed by atoms with E-state index in [0.717, 1.165) is 30.5 Å². The average molecular weight is 278 g/mol. The lowest BCUT2D eigenvalue weighted by Crippen LogP contribution is -2.37. The van der Waals surface area contributed by atoms with Gasteiger partial charge in [0.05, 0.1) is 0 Å². The molecule has 2 aliphatic rings. The lowest BCUT2D eigenvalue weighted by atomic mass is 9.89. The molecule has 1 aromatic carbocycles. The van der Waals surface area contributed by atoms with Crippen LogP contribution < -0.4 is 5.48 Å². The van der Waals surface area contributed by atoms with Gasteiger partial charge in [-0.05, 0) is 43.4 Å². The first-order chi connectivity index (χ1) is 9.52. The van der Waals surface area contributed by atoms with Crippen LogP contribution in [0.4, 0.5) is 4.39 Å². The Morgan fingerprint density at radius 3 is 2.90 bits per heavy atom. The van der Waals surface area contributed by atoms with Crippen molar-refractivity contribution in [1.82, 2.24) is 10.4 Å². The highest BCUT2D eigenvalue weighted by atomic mass is 19.1. The number of carbonyl (C=O) groups excluding carboxylic acids is 1. The van der Waals surface area contributed by atoms with Crippen molar-refractivity contribution in [3.05, 3.63) is 34.6 Å². The van der Waals surface area contributed by atoms with Gasteiger partial charge in [0.25, 0.3) is 5.91 Å². The van der Waals surface area contributed by atoms with E-state index < -0.39 is 5.91 Å². The van der Waals surface area contributed by atoms with E-state index in [-0.39, 0.29) is 17.4 Å². The van der Waals surface area contributed by atoms with Gasteiger partial charge in [-0.1, -0.05) is 6.92 Å². The molecule has 3 rings (SSSR count). The number of rotatable bonds is 1. The Labute approximate surface area is 117 Å². The second-order valence-electron chi connectivity index (χ2n) is 5.93. The molecular weight excluding hydrogens is 259 g/mol. The summed E-state index contributed by atoms with van der Waals surface area (Å²) in [7, 11) is 0. The van der Waals surface area contributed by atoms with E-state index in [2.05, 4.69) is 18.7 Å². The predicted octanol–water partition coefficient (Wildman–Crippen LogP) is 2.27. The summed E-state index contributed by atoms with van der Waals surface area (Å²) in [5.41, 5.74) is 3.37. The van der Waals surface area contributed by atoms with E-state index in [0.29, 0.717) is 12.0 Å². The zero-order valence-corrected chi connectivity index (χ0v) is 11.7. The number of hydrogen-bond donors (Lipinski definition) is 2. The van der Waals surface area contributed by atoms with E-state index in [1.54, 1.807) is 11.5 Å². The monoisotopic (exact) mass is 278 g/mol. The van der Waals surface area contributed by atoms with Crippen molar-refractivity contribution in [2.45, 2.75) is 38.8 Å². The predicted molar refractivity (Wildman–Crippen MR) is 72.0 cm³/mol. The van der Waals surface area contributed by atoms with Gasteiger partial charge in [0, 0.05) is 29.8 Å². The molecule has 0 spiro atoms. The minimum absolute atomic E-state index is 0.120. The van der Waals surface area contributed by atoms with Gasteiger partial charge >= 0.3 is 0 Å². The number of fused-ring (bicyclic) bond motifs is 3. The fraction of sp³-hybridized carbons (Fsp3) is 0.533. The maximum Gasteiger partial charge on any atom is 0.274 e. The van der Waals surface area contributed by atoms with Crippen LogP contribution in [0, 0.1) is 11.7 Å². The Balaban J connectivity index is 2.04. The normalized spacial score (nSPS) is 28.9. The Morgan fingerprint density at radius 2 is 2.20 bits per heavy atom. The van der Waals surface area contributed by atoms with E-state index in [1.165, 1.54) is 6.07 Å². The summed E-state index contributed by atoms with van der Waals surface area (Å²) in [4.78, 5) is 13.8. The van der Waals surface area contributed by atoms with Gasteiger partial charge in [-0.2, -0.15) is 0 Å². The van der Waals surface area contributed by atoms with Crippen LogP contribution in [0.25, 0.3) is 0 Å². The quantitative estimate of drug-likeness (QED) is 0.612. The fourth-order valence-electron chi connectivity index (χ4n) is 3.64. The number of halogens is 1. The molecule has 1 saturated heterocycles. The zero-order chi connectivity index (χ0) is 14.4. The third-order valence-electron chi connectivity index (χ3n) is 4.89. The van der Waals surface area contributed by atoms with Crippen LogP contribution >= 0.6 is 0 Å². The number of carbonyl (C=O) groups is 1. The highest BCUT2D eigenvalue weighted by molar-refractivity contribution is 5.93. The first-order valence-electron chi connectivity index (χ1n) is 7.05. The largest absolute Gasteiger partial charge is 0.293 e. The topological polar surface area (TPSA) is 52.6 Å². The van der Waals surface area contributed by atoms with E-state index in [4.69, 9.17) is 5.21 Å². The molecule has 2 heterocycles. The molecule has 1 amide bonds. The Bertz CT molecular complexity index is 561. The molecular formula is C15H19FN2O2. The van der Waals surface area contributed by atoms with Crippen LogP contribution in [-0.2, 0) is 6.42 Å². The second-order valence-corrected chi connectivity index (χ2v) is 5.93. The summed E-state index contributed by atoms with van der Waals surface area (Å²) in [5, 5.41) is 8.67. The van der Waals surface area contributed by atoms with Crippen molar-refractivity contribution >= 4 is 5.91 Å². The molecule has 0 unspecified atom stereocenters. The number of nitrogens with zero attached hydrogens (tertiary/aromatic N) is 1. The highest BCUT2D eigenvalue weighted by Crippen LogP contribution is 2.44. The number of amides is 1. The van der Waals surface area contributed by atoms with Crippen molar-refractivity contribution in [2.75, 3.05) is 6.54 Å². The molecule has 0 aromatic heterocycles. The molecule has 1 aromatic rings. The number of nitrogens with one attached hydrogen (secondary N) is 1. The molecule has 0 bridgehead atoms. The van der Waals surface area contributed by atoms with Crippen molar-refractivity contribution in [3.63, 3.8) is 0 Å². The molecule has 108 valence electrons. The van der Waals surface area contributed by atoms with Crippen molar-refractivity contribution in [3.8, 4) is 0 Å². The maximum atomic E-state index is 14.4. The van der Waals surface area contributed by atoms with E-state index in [1.807, 2.05) is 0 Å². The van der Waals surface area contributed by atoms with Gasteiger partial charge in [0.1, 0.15) is 5.82 Å². The third kappa shape index (κ3) is 1.93. The highest BCUT2D eigenvalue weighted by Gasteiger charge is 2.41. The van der Waals surface area contributed by atoms with Gasteiger partial charge in [-0.25, -0.2) is 9.87 Å². The molecule has 20 heavy (non-hydrogen) atoms. The van der Waals surface area contributed by atoms with Gasteiger partial charge in [0.2, 0.25) is 0 Å². The van der Waals surface area contributed by atoms with Crippen molar-refractivity contribution < 1.29 is 14.4 Å². The lowest BCUT2D eigenvalue weighted by molar-refractivity contribution is 0.0705. The average Bonchev–Trinajstić information content (AvgIpc) is 2.73. The van der Waals surface area contributed by atoms with Crippen LogP contribution in [-0.4, -0.2) is 28.6 Å². The fourth-order valence-corrected chi connectivity index (χ4v) is 3.64. The Kier molecular flexibility index (Phi) is 3.26. The molecule has 2 N–H and O–H groups in total.